The second kappa shape index (κ2) is 11.1. The van der Waals surface area contributed by atoms with Gasteiger partial charge in [0.25, 0.3) is 5.91 Å². The third-order valence-electron chi connectivity index (χ3n) is 3.62. The fourth-order valence-electron chi connectivity index (χ4n) is 2.20. The van der Waals surface area contributed by atoms with Crippen LogP contribution in [0.25, 0.3) is 0 Å². The molecule has 2 aromatic carbocycles. The second-order valence-corrected chi connectivity index (χ2v) is 5.83. The third-order valence-corrected chi connectivity index (χ3v) is 3.62. The fraction of sp³-hybridized carbons (Fsp3) is 0.200. The van der Waals surface area contributed by atoms with Crippen molar-refractivity contribution in [2.45, 2.75) is 13.2 Å². The van der Waals surface area contributed by atoms with Gasteiger partial charge in [0.05, 0.1) is 0 Å². The van der Waals surface area contributed by atoms with Gasteiger partial charge in [-0.3, -0.25) is 9.59 Å². The van der Waals surface area contributed by atoms with E-state index in [1.165, 1.54) is 0 Å². The standard InChI is InChI=1S/C20H20N2O7/c23-17(11-21-19(26)28-13-15-7-3-1-4-8-15)22(12-18(24)25)20(27)29-14-16-9-5-2-6-10-16/h1-10H,11-14H2,(H,21,26)(H,24,25). The van der Waals surface area contributed by atoms with Crippen LogP contribution in [0.2, 0.25) is 0 Å². The van der Waals surface area contributed by atoms with Crippen LogP contribution in [0.1, 0.15) is 11.1 Å². The molecule has 0 saturated heterocycles. The Hall–Kier alpha value is -3.88. The average Bonchev–Trinajstić information content (AvgIpc) is 2.74. The molecule has 0 saturated carbocycles. The molecular formula is C20H20N2O7. The van der Waals surface area contributed by atoms with Crippen molar-refractivity contribution >= 4 is 24.1 Å². The minimum atomic E-state index is -1.40. The number of hydrogen-bond acceptors (Lipinski definition) is 6. The van der Waals surface area contributed by atoms with Gasteiger partial charge in [-0.15, -0.1) is 0 Å². The van der Waals surface area contributed by atoms with E-state index >= 15 is 0 Å². The summed E-state index contributed by atoms with van der Waals surface area (Å²) < 4.78 is 9.94. The van der Waals surface area contributed by atoms with Crippen molar-refractivity contribution < 1.29 is 33.8 Å². The van der Waals surface area contributed by atoms with E-state index < -0.39 is 37.2 Å². The number of carboxylic acid groups (broad SMARTS) is 1. The molecule has 0 aromatic heterocycles. The van der Waals surface area contributed by atoms with E-state index in [2.05, 4.69) is 5.32 Å². The number of rotatable bonds is 8. The van der Waals surface area contributed by atoms with Crippen molar-refractivity contribution in [2.75, 3.05) is 13.1 Å². The summed E-state index contributed by atoms with van der Waals surface area (Å²) in [5.74, 6) is -2.34. The minimum Gasteiger partial charge on any atom is -0.480 e. The van der Waals surface area contributed by atoms with E-state index in [1.807, 2.05) is 6.07 Å². The lowest BCUT2D eigenvalue weighted by molar-refractivity contribution is -0.143. The summed E-state index contributed by atoms with van der Waals surface area (Å²) in [5.41, 5.74) is 1.43. The van der Waals surface area contributed by atoms with E-state index in [4.69, 9.17) is 14.6 Å². The minimum absolute atomic E-state index is 0.00117. The highest BCUT2D eigenvalue weighted by Gasteiger charge is 2.26. The van der Waals surface area contributed by atoms with Crippen molar-refractivity contribution in [3.8, 4) is 0 Å². The van der Waals surface area contributed by atoms with Crippen molar-refractivity contribution in [2.24, 2.45) is 0 Å². The van der Waals surface area contributed by atoms with Crippen LogP contribution in [0.5, 0.6) is 0 Å². The normalized spacial score (nSPS) is 9.93. The Labute approximate surface area is 166 Å². The van der Waals surface area contributed by atoms with Gasteiger partial charge in [-0.1, -0.05) is 60.7 Å². The number of amides is 3. The van der Waals surface area contributed by atoms with E-state index in [0.29, 0.717) is 10.5 Å². The summed E-state index contributed by atoms with van der Waals surface area (Å²) >= 11 is 0. The van der Waals surface area contributed by atoms with Gasteiger partial charge in [-0.25, -0.2) is 14.5 Å². The zero-order chi connectivity index (χ0) is 21.1. The van der Waals surface area contributed by atoms with Gasteiger partial charge < -0.3 is 19.9 Å². The summed E-state index contributed by atoms with van der Waals surface area (Å²) in [7, 11) is 0. The Kier molecular flexibility index (Phi) is 8.18. The number of hydrogen-bond donors (Lipinski definition) is 2. The summed E-state index contributed by atoms with van der Waals surface area (Å²) in [6, 6.07) is 17.6. The van der Waals surface area contributed by atoms with Gasteiger partial charge in [0.2, 0.25) is 0 Å². The van der Waals surface area contributed by atoms with Gasteiger partial charge in [-0.2, -0.15) is 0 Å². The molecule has 152 valence electrons. The maximum Gasteiger partial charge on any atom is 0.417 e. The average molecular weight is 400 g/mol. The van der Waals surface area contributed by atoms with Crippen LogP contribution in [0.4, 0.5) is 9.59 Å². The number of carboxylic acids is 1. The Morgan fingerprint density at radius 2 is 1.34 bits per heavy atom. The van der Waals surface area contributed by atoms with Crippen molar-refractivity contribution in [3.05, 3.63) is 71.8 Å². The third kappa shape index (κ3) is 7.71. The zero-order valence-electron chi connectivity index (χ0n) is 15.4. The zero-order valence-corrected chi connectivity index (χ0v) is 15.4. The second-order valence-electron chi connectivity index (χ2n) is 5.83. The number of benzene rings is 2. The van der Waals surface area contributed by atoms with Crippen molar-refractivity contribution in [3.63, 3.8) is 0 Å². The van der Waals surface area contributed by atoms with Gasteiger partial charge >= 0.3 is 18.2 Å². The van der Waals surface area contributed by atoms with Crippen molar-refractivity contribution in [1.29, 1.82) is 0 Å². The molecule has 9 heteroatoms. The molecule has 0 spiro atoms. The SMILES string of the molecule is O=C(O)CN(C(=O)CNC(=O)OCc1ccccc1)C(=O)OCc1ccccc1. The highest BCUT2D eigenvalue weighted by atomic mass is 16.6. The molecule has 9 nitrogen and oxygen atoms in total. The number of carbonyl (C=O) groups excluding carboxylic acids is 3. The maximum absolute atomic E-state index is 12.2. The van der Waals surface area contributed by atoms with Crippen LogP contribution in [0.3, 0.4) is 0 Å². The first kappa shape index (κ1) is 21.4. The Morgan fingerprint density at radius 3 is 1.86 bits per heavy atom. The van der Waals surface area contributed by atoms with Crippen LogP contribution >= 0.6 is 0 Å². The molecule has 0 radical (unpaired) electrons. The van der Waals surface area contributed by atoms with Crippen molar-refractivity contribution in [1.82, 2.24) is 10.2 Å². The Balaban J connectivity index is 1.84. The first-order chi connectivity index (χ1) is 14.0. The smallest absolute Gasteiger partial charge is 0.417 e. The van der Waals surface area contributed by atoms with Crippen LogP contribution < -0.4 is 5.32 Å². The molecule has 0 atom stereocenters. The lowest BCUT2D eigenvalue weighted by Gasteiger charge is -2.18. The predicted octanol–water partition coefficient (Wildman–Crippen LogP) is 2.16. The van der Waals surface area contributed by atoms with Crippen LogP contribution in [0.15, 0.2) is 60.7 Å². The number of carbonyl (C=O) groups is 4. The molecule has 0 aliphatic carbocycles. The number of aliphatic carboxylic acids is 1. The largest absolute Gasteiger partial charge is 0.480 e. The number of ether oxygens (including phenoxy) is 2. The molecule has 2 rings (SSSR count). The quantitative estimate of drug-likeness (QED) is 0.696. The van der Waals surface area contributed by atoms with Gasteiger partial charge in [0.15, 0.2) is 0 Å². The number of alkyl carbamates (subject to hydrolysis) is 1. The van der Waals surface area contributed by atoms with Gasteiger partial charge in [0.1, 0.15) is 26.3 Å². The number of nitrogens with zero attached hydrogens (tertiary/aromatic N) is 1. The van der Waals surface area contributed by atoms with E-state index in [0.717, 1.165) is 5.56 Å². The highest BCUT2D eigenvalue weighted by molar-refractivity contribution is 5.96. The topological polar surface area (TPSA) is 122 Å². The van der Waals surface area contributed by atoms with Crippen LogP contribution in [0, 0.1) is 0 Å². The monoisotopic (exact) mass is 400 g/mol. The first-order valence-electron chi connectivity index (χ1n) is 8.63. The number of nitrogens with one attached hydrogen (secondary N) is 1. The van der Waals surface area contributed by atoms with Crippen LogP contribution in [-0.4, -0.2) is 47.2 Å². The summed E-state index contributed by atoms with van der Waals surface area (Å²) in [6.07, 6.45) is -2.00. The molecule has 0 fully saturated rings. The molecule has 0 heterocycles. The molecule has 0 bridgehead atoms. The Bertz CT molecular complexity index is 840. The Morgan fingerprint density at radius 1 is 0.828 bits per heavy atom. The molecule has 3 amide bonds. The molecule has 2 N–H and O–H groups in total. The van der Waals surface area contributed by atoms with Crippen LogP contribution in [-0.2, 0) is 32.3 Å². The maximum atomic E-state index is 12.2. The summed E-state index contributed by atoms with van der Waals surface area (Å²) in [6.45, 7) is -1.65. The highest BCUT2D eigenvalue weighted by Crippen LogP contribution is 2.04. The lowest BCUT2D eigenvalue weighted by atomic mass is 10.2. The number of imide groups is 1. The van der Waals surface area contributed by atoms with Gasteiger partial charge in [0, 0.05) is 0 Å². The molecular weight excluding hydrogens is 380 g/mol. The molecule has 0 aliphatic heterocycles. The predicted molar refractivity (Wildman–Crippen MR) is 101 cm³/mol. The van der Waals surface area contributed by atoms with E-state index in [1.54, 1.807) is 54.6 Å². The fourth-order valence-corrected chi connectivity index (χ4v) is 2.20. The van der Waals surface area contributed by atoms with E-state index in [-0.39, 0.29) is 13.2 Å². The molecule has 0 aliphatic rings. The van der Waals surface area contributed by atoms with Gasteiger partial charge in [-0.05, 0) is 11.1 Å². The summed E-state index contributed by atoms with van der Waals surface area (Å²) in [5, 5.41) is 11.1. The first-order valence-corrected chi connectivity index (χ1v) is 8.63. The molecule has 29 heavy (non-hydrogen) atoms. The summed E-state index contributed by atoms with van der Waals surface area (Å²) in [4.78, 5) is 47.4. The van der Waals surface area contributed by atoms with E-state index in [9.17, 15) is 19.2 Å². The molecule has 2 aromatic rings. The lowest BCUT2D eigenvalue weighted by Crippen LogP contribution is -2.46. The molecule has 0 unspecified atom stereocenters.